The summed E-state index contributed by atoms with van der Waals surface area (Å²) in [5.74, 6) is 6.96. The van der Waals surface area contributed by atoms with Crippen LogP contribution in [0.2, 0.25) is 0 Å². The van der Waals surface area contributed by atoms with E-state index in [0.29, 0.717) is 39.6 Å². The molecule has 0 unspecified atom stereocenters. The molecule has 1 N–H and O–H groups in total. The summed E-state index contributed by atoms with van der Waals surface area (Å²) in [4.78, 5) is 0. The van der Waals surface area contributed by atoms with Crippen LogP contribution in [0.1, 0.15) is 39.7 Å². The van der Waals surface area contributed by atoms with Gasteiger partial charge in [0.2, 0.25) is 0 Å². The van der Waals surface area contributed by atoms with Crippen LogP contribution in [0.4, 0.5) is 0 Å². The lowest BCUT2D eigenvalue weighted by Gasteiger charge is -2.08. The lowest BCUT2D eigenvalue weighted by atomic mass is 10.2. The molecule has 0 spiro atoms. The van der Waals surface area contributed by atoms with Crippen molar-refractivity contribution in [2.24, 2.45) is 0 Å². The second kappa shape index (κ2) is 20.7. The molecule has 1 aromatic rings. The highest BCUT2D eigenvalue weighted by molar-refractivity contribution is 5.38. The summed E-state index contributed by atoms with van der Waals surface area (Å²) >= 11 is 0. The van der Waals surface area contributed by atoms with Crippen LogP contribution in [0.5, 0.6) is 5.75 Å². The third-order valence-corrected chi connectivity index (χ3v) is 3.18. The maximum Gasteiger partial charge on any atom is 0.119 e. The molecule has 1 aromatic carbocycles. The zero-order valence-corrected chi connectivity index (χ0v) is 17.5. The normalized spacial score (nSPS) is 9.78. The van der Waals surface area contributed by atoms with Crippen LogP contribution in [-0.2, 0) is 14.2 Å². The van der Waals surface area contributed by atoms with Gasteiger partial charge in [0.05, 0.1) is 39.6 Å². The highest BCUT2D eigenvalue weighted by Gasteiger charge is 1.95. The van der Waals surface area contributed by atoms with Crippen molar-refractivity contribution in [3.8, 4) is 17.6 Å². The number of hydrogen-bond acceptors (Lipinski definition) is 5. The summed E-state index contributed by atoms with van der Waals surface area (Å²) in [5.41, 5.74) is 1.01. The maximum atomic E-state index is 5.62. The fraction of sp³-hybridized carbons (Fsp3) is 0.636. The number of nitrogens with one attached hydrogen (secondary N) is 1. The Morgan fingerprint density at radius 3 is 1.89 bits per heavy atom. The Bertz CT molecular complexity index is 479. The molecule has 5 nitrogen and oxygen atoms in total. The van der Waals surface area contributed by atoms with Gasteiger partial charge in [-0.05, 0) is 30.8 Å². The van der Waals surface area contributed by atoms with Crippen LogP contribution in [0.15, 0.2) is 24.3 Å². The molecule has 0 fully saturated rings. The molecule has 0 aliphatic rings. The lowest BCUT2D eigenvalue weighted by molar-refractivity contribution is 0.00989. The van der Waals surface area contributed by atoms with Gasteiger partial charge in [-0.3, -0.25) is 0 Å². The van der Waals surface area contributed by atoms with Gasteiger partial charge < -0.3 is 24.3 Å². The number of ether oxygens (including phenoxy) is 4. The van der Waals surface area contributed by atoms with Crippen molar-refractivity contribution in [1.29, 1.82) is 0 Å². The molecule has 0 radical (unpaired) electrons. The third-order valence-electron chi connectivity index (χ3n) is 3.18. The van der Waals surface area contributed by atoms with Crippen molar-refractivity contribution >= 4 is 0 Å². The SMILES string of the molecule is CC.CCC#Cc1ccc(OCCOCCOCCOCCNCC)cc1. The summed E-state index contributed by atoms with van der Waals surface area (Å²) in [5, 5.41) is 3.20. The first-order chi connectivity index (χ1) is 13.4. The van der Waals surface area contributed by atoms with E-state index in [4.69, 9.17) is 18.9 Å². The number of likely N-dealkylation sites (N-methyl/N-ethyl adjacent to an activating group) is 1. The quantitative estimate of drug-likeness (QED) is 0.396. The highest BCUT2D eigenvalue weighted by atomic mass is 16.6. The topological polar surface area (TPSA) is 49.0 Å². The van der Waals surface area contributed by atoms with E-state index in [-0.39, 0.29) is 0 Å². The fourth-order valence-corrected chi connectivity index (χ4v) is 1.91. The number of hydrogen-bond donors (Lipinski definition) is 1. The molecule has 0 saturated carbocycles. The molecule has 0 bridgehead atoms. The van der Waals surface area contributed by atoms with Crippen molar-refractivity contribution < 1.29 is 18.9 Å². The molecule has 1 rings (SSSR count). The minimum absolute atomic E-state index is 0.521. The zero-order valence-electron chi connectivity index (χ0n) is 17.5. The van der Waals surface area contributed by atoms with E-state index in [1.807, 2.05) is 45.0 Å². The largest absolute Gasteiger partial charge is 0.491 e. The van der Waals surface area contributed by atoms with E-state index < -0.39 is 0 Å². The van der Waals surface area contributed by atoms with Gasteiger partial charge in [0.15, 0.2) is 0 Å². The van der Waals surface area contributed by atoms with E-state index in [0.717, 1.165) is 37.4 Å². The second-order valence-corrected chi connectivity index (χ2v) is 5.22. The maximum absolute atomic E-state index is 5.62. The average molecular weight is 380 g/mol. The van der Waals surface area contributed by atoms with Gasteiger partial charge in [0.1, 0.15) is 12.4 Å². The summed E-state index contributed by atoms with van der Waals surface area (Å²) in [6, 6.07) is 7.79. The van der Waals surface area contributed by atoms with Gasteiger partial charge in [0.25, 0.3) is 0 Å². The van der Waals surface area contributed by atoms with Gasteiger partial charge in [-0.25, -0.2) is 0 Å². The Labute approximate surface area is 165 Å². The summed E-state index contributed by atoms with van der Waals surface area (Å²) < 4.78 is 21.9. The monoisotopic (exact) mass is 379 g/mol. The van der Waals surface area contributed by atoms with E-state index in [2.05, 4.69) is 24.1 Å². The molecule has 0 aliphatic heterocycles. The van der Waals surface area contributed by atoms with E-state index in [1.54, 1.807) is 0 Å². The molecule has 27 heavy (non-hydrogen) atoms. The molecular weight excluding hydrogens is 342 g/mol. The Morgan fingerprint density at radius 2 is 1.33 bits per heavy atom. The first kappa shape index (κ1) is 25.4. The molecule has 0 atom stereocenters. The van der Waals surface area contributed by atoms with Gasteiger partial charge in [-0.1, -0.05) is 39.5 Å². The van der Waals surface area contributed by atoms with E-state index in [1.165, 1.54) is 0 Å². The molecule has 0 aromatic heterocycles. The Hall–Kier alpha value is -1.58. The predicted octanol–water partition coefficient (Wildman–Crippen LogP) is 3.51. The smallest absolute Gasteiger partial charge is 0.119 e. The summed E-state index contributed by atoms with van der Waals surface area (Å²) in [6.45, 7) is 14.1. The zero-order chi connectivity index (χ0) is 20.0. The third kappa shape index (κ3) is 16.3. The molecule has 0 aliphatic carbocycles. The summed E-state index contributed by atoms with van der Waals surface area (Å²) in [7, 11) is 0. The highest BCUT2D eigenvalue weighted by Crippen LogP contribution is 2.11. The Kier molecular flexibility index (Phi) is 19.5. The van der Waals surface area contributed by atoms with Crippen molar-refractivity contribution in [2.45, 2.75) is 34.1 Å². The summed E-state index contributed by atoms with van der Waals surface area (Å²) in [6.07, 6.45) is 0.864. The van der Waals surface area contributed by atoms with Crippen molar-refractivity contribution in [1.82, 2.24) is 5.32 Å². The van der Waals surface area contributed by atoms with Gasteiger partial charge in [0, 0.05) is 18.5 Å². The molecule has 154 valence electrons. The van der Waals surface area contributed by atoms with Crippen LogP contribution >= 0.6 is 0 Å². The van der Waals surface area contributed by atoms with Crippen LogP contribution in [-0.4, -0.2) is 59.3 Å². The van der Waals surface area contributed by atoms with Crippen molar-refractivity contribution in [2.75, 3.05) is 59.3 Å². The molecule has 0 saturated heterocycles. The molecular formula is C22H37NO4. The van der Waals surface area contributed by atoms with Crippen LogP contribution in [0.25, 0.3) is 0 Å². The molecule has 0 amide bonds. The predicted molar refractivity (Wildman–Crippen MR) is 111 cm³/mol. The lowest BCUT2D eigenvalue weighted by Crippen LogP contribution is -2.20. The fourth-order valence-electron chi connectivity index (χ4n) is 1.91. The minimum Gasteiger partial charge on any atom is -0.491 e. The molecule has 5 heteroatoms. The van der Waals surface area contributed by atoms with Crippen molar-refractivity contribution in [3.63, 3.8) is 0 Å². The number of rotatable bonds is 14. The van der Waals surface area contributed by atoms with Gasteiger partial charge >= 0.3 is 0 Å². The van der Waals surface area contributed by atoms with Crippen LogP contribution < -0.4 is 10.1 Å². The van der Waals surface area contributed by atoms with E-state index in [9.17, 15) is 0 Å². The van der Waals surface area contributed by atoms with Gasteiger partial charge in [-0.2, -0.15) is 0 Å². The van der Waals surface area contributed by atoms with Crippen molar-refractivity contribution in [3.05, 3.63) is 29.8 Å². The number of benzene rings is 1. The standard InChI is InChI=1S/C20H31NO4.C2H6/c1-3-5-6-19-7-9-20(10-8-19)25-18-17-24-16-15-23-14-13-22-12-11-21-4-2;1-2/h7-10,21H,3-4,11-18H2,1-2H3;1-2H3. The first-order valence-electron chi connectivity index (χ1n) is 10.0. The Balaban J connectivity index is 0.00000326. The van der Waals surface area contributed by atoms with Crippen LogP contribution in [0, 0.1) is 11.8 Å². The van der Waals surface area contributed by atoms with E-state index >= 15 is 0 Å². The van der Waals surface area contributed by atoms with Crippen LogP contribution in [0.3, 0.4) is 0 Å². The average Bonchev–Trinajstić information content (AvgIpc) is 2.72. The van der Waals surface area contributed by atoms with Gasteiger partial charge in [-0.15, -0.1) is 0 Å². The first-order valence-corrected chi connectivity index (χ1v) is 10.0. The second-order valence-electron chi connectivity index (χ2n) is 5.22. The molecule has 0 heterocycles. The minimum atomic E-state index is 0.521. The Morgan fingerprint density at radius 1 is 0.778 bits per heavy atom.